The van der Waals surface area contributed by atoms with Crippen LogP contribution in [0.15, 0.2) is 30.3 Å². The zero-order valence-electron chi connectivity index (χ0n) is 8.30. The second-order valence-corrected chi connectivity index (χ2v) is 5.89. The van der Waals surface area contributed by atoms with Crippen molar-refractivity contribution in [3.05, 3.63) is 35.9 Å². The number of nitrogens with zero attached hydrogens (tertiary/aromatic N) is 1. The number of hydrogen-bond donors (Lipinski definition) is 1. The number of hydrogen-bond acceptors (Lipinski definition) is 2. The van der Waals surface area contributed by atoms with Gasteiger partial charge in [-0.05, 0) is 5.56 Å². The average molecular weight is 255 g/mol. The summed E-state index contributed by atoms with van der Waals surface area (Å²) in [5.41, 5.74) is 1.37. The molecule has 0 saturated carbocycles. The van der Waals surface area contributed by atoms with Crippen LogP contribution in [0.25, 0.3) is 0 Å². The van der Waals surface area contributed by atoms with Gasteiger partial charge in [-0.15, -0.1) is 24.4 Å². The van der Waals surface area contributed by atoms with Crippen molar-refractivity contribution in [2.75, 3.05) is 12.3 Å². The lowest BCUT2D eigenvalue weighted by Gasteiger charge is -2.23. The Hall–Kier alpha value is -0.190. The van der Waals surface area contributed by atoms with Crippen molar-refractivity contribution >= 4 is 40.9 Å². The van der Waals surface area contributed by atoms with Crippen LogP contribution < -0.4 is 0 Å². The van der Waals surface area contributed by atoms with E-state index in [1.165, 1.54) is 5.56 Å². The van der Waals surface area contributed by atoms with Gasteiger partial charge in [-0.3, -0.25) is 0 Å². The summed E-state index contributed by atoms with van der Waals surface area (Å²) in [7, 11) is 0. The van der Waals surface area contributed by atoms with Gasteiger partial charge in [0, 0.05) is 18.7 Å². The molecule has 0 N–H and O–H groups in total. The second-order valence-electron chi connectivity index (χ2n) is 3.49. The zero-order valence-corrected chi connectivity index (χ0v) is 10.8. The van der Waals surface area contributed by atoms with Crippen molar-refractivity contribution in [1.29, 1.82) is 0 Å². The van der Waals surface area contributed by atoms with E-state index < -0.39 is 0 Å². The highest BCUT2D eigenvalue weighted by molar-refractivity contribution is 8.11. The smallest absolute Gasteiger partial charge is 0.134 e. The number of rotatable bonds is 2. The van der Waals surface area contributed by atoms with Crippen LogP contribution in [0.1, 0.15) is 5.56 Å². The lowest BCUT2D eigenvalue weighted by atomic mass is 10.1. The minimum atomic E-state index is 0.470. The molecule has 0 bridgehead atoms. The Kier molecular flexibility index (Phi) is 3.94. The maximum Gasteiger partial charge on any atom is 0.134 e. The molecule has 0 aliphatic carbocycles. The molecule has 1 saturated heterocycles. The van der Waals surface area contributed by atoms with Crippen LogP contribution in [0.3, 0.4) is 0 Å². The van der Waals surface area contributed by atoms with Crippen molar-refractivity contribution in [3.8, 4) is 0 Å². The molecule has 4 heteroatoms. The van der Waals surface area contributed by atoms with Gasteiger partial charge in [-0.1, -0.05) is 42.5 Å². The van der Waals surface area contributed by atoms with E-state index in [9.17, 15) is 0 Å². The summed E-state index contributed by atoms with van der Waals surface area (Å²) < 4.78 is 0.723. The third kappa shape index (κ3) is 2.89. The largest absolute Gasteiger partial charge is 0.345 e. The lowest BCUT2D eigenvalue weighted by molar-refractivity contribution is 0.453. The highest BCUT2D eigenvalue weighted by atomic mass is 32.2. The summed E-state index contributed by atoms with van der Waals surface area (Å²) in [4.78, 5) is 2.20. The molecule has 1 aliphatic heterocycles. The van der Waals surface area contributed by atoms with Crippen LogP contribution in [0.4, 0.5) is 0 Å². The van der Waals surface area contributed by atoms with E-state index in [2.05, 4.69) is 41.8 Å². The number of thiol groups is 1. The molecular weight excluding hydrogens is 242 g/mol. The first kappa shape index (κ1) is 11.3. The lowest BCUT2D eigenvalue weighted by Crippen LogP contribution is -2.31. The molecule has 1 aromatic rings. The summed E-state index contributed by atoms with van der Waals surface area (Å²) >= 11 is 11.4. The maximum absolute atomic E-state index is 5.13. The van der Waals surface area contributed by atoms with Gasteiger partial charge in [-0.25, -0.2) is 0 Å². The van der Waals surface area contributed by atoms with Gasteiger partial charge in [0.25, 0.3) is 0 Å². The van der Waals surface area contributed by atoms with E-state index in [0.717, 1.165) is 23.0 Å². The highest BCUT2D eigenvalue weighted by Crippen LogP contribution is 2.27. The summed E-state index contributed by atoms with van der Waals surface area (Å²) in [5.74, 6) is 1.15. The van der Waals surface area contributed by atoms with E-state index in [4.69, 9.17) is 12.2 Å². The Bertz CT molecular complexity index is 339. The van der Waals surface area contributed by atoms with E-state index in [1.807, 2.05) is 17.8 Å². The standard InChI is InChI=1S/C11H13NS3/c13-11(14)12-6-7-15-10(12)8-9-4-2-1-3-5-9/h1-5,10H,6-8H2,(H,13,14). The topological polar surface area (TPSA) is 3.24 Å². The summed E-state index contributed by atoms with van der Waals surface area (Å²) in [6.07, 6.45) is 1.05. The first-order valence-corrected chi connectivity index (χ1v) is 6.83. The van der Waals surface area contributed by atoms with Gasteiger partial charge in [-0.2, -0.15) is 0 Å². The van der Waals surface area contributed by atoms with E-state index in [-0.39, 0.29) is 0 Å². The van der Waals surface area contributed by atoms with Gasteiger partial charge in [0.1, 0.15) is 4.32 Å². The van der Waals surface area contributed by atoms with Crippen molar-refractivity contribution in [2.45, 2.75) is 11.8 Å². The normalized spacial score (nSPS) is 20.6. The maximum atomic E-state index is 5.13. The average Bonchev–Trinajstić information content (AvgIpc) is 2.67. The van der Waals surface area contributed by atoms with Crippen molar-refractivity contribution < 1.29 is 0 Å². The molecule has 1 nitrogen and oxygen atoms in total. The molecule has 1 aromatic carbocycles. The predicted molar refractivity (Wildman–Crippen MR) is 74.7 cm³/mol. The zero-order chi connectivity index (χ0) is 10.7. The third-order valence-electron chi connectivity index (χ3n) is 2.49. The predicted octanol–water partition coefficient (Wildman–Crippen LogP) is 2.82. The Morgan fingerprint density at radius 1 is 1.47 bits per heavy atom. The fraction of sp³-hybridized carbons (Fsp3) is 0.364. The molecular formula is C11H13NS3. The van der Waals surface area contributed by atoms with Crippen molar-refractivity contribution in [1.82, 2.24) is 4.90 Å². The van der Waals surface area contributed by atoms with Crippen LogP contribution in [-0.2, 0) is 6.42 Å². The fourth-order valence-electron chi connectivity index (χ4n) is 1.72. The Morgan fingerprint density at radius 2 is 2.20 bits per heavy atom. The van der Waals surface area contributed by atoms with E-state index in [0.29, 0.717) is 5.37 Å². The monoisotopic (exact) mass is 255 g/mol. The molecule has 1 aliphatic rings. The SMILES string of the molecule is S=C(S)N1CCSC1Cc1ccccc1. The van der Waals surface area contributed by atoms with E-state index in [1.54, 1.807) is 0 Å². The van der Waals surface area contributed by atoms with Gasteiger partial charge in [0.05, 0.1) is 5.37 Å². The molecule has 0 spiro atoms. The molecule has 0 radical (unpaired) electrons. The molecule has 1 unspecified atom stereocenters. The Morgan fingerprint density at radius 3 is 2.87 bits per heavy atom. The van der Waals surface area contributed by atoms with Gasteiger partial charge in [0.2, 0.25) is 0 Å². The molecule has 0 amide bonds. The number of thioether (sulfide) groups is 1. The molecule has 1 heterocycles. The van der Waals surface area contributed by atoms with Gasteiger partial charge >= 0.3 is 0 Å². The molecule has 80 valence electrons. The van der Waals surface area contributed by atoms with Crippen LogP contribution in [0, 0.1) is 0 Å². The highest BCUT2D eigenvalue weighted by Gasteiger charge is 2.25. The van der Waals surface area contributed by atoms with Crippen LogP contribution in [0.2, 0.25) is 0 Å². The van der Waals surface area contributed by atoms with Crippen molar-refractivity contribution in [2.24, 2.45) is 0 Å². The molecule has 0 aromatic heterocycles. The molecule has 1 atom stereocenters. The Balaban J connectivity index is 2.03. The van der Waals surface area contributed by atoms with Crippen LogP contribution in [0.5, 0.6) is 0 Å². The first-order chi connectivity index (χ1) is 7.27. The minimum Gasteiger partial charge on any atom is -0.345 e. The first-order valence-electron chi connectivity index (χ1n) is 4.92. The van der Waals surface area contributed by atoms with Gasteiger partial charge in [0.15, 0.2) is 0 Å². The minimum absolute atomic E-state index is 0.470. The van der Waals surface area contributed by atoms with E-state index >= 15 is 0 Å². The quantitative estimate of drug-likeness (QED) is 0.640. The number of benzene rings is 1. The third-order valence-corrected chi connectivity index (χ3v) is 4.20. The molecule has 1 fully saturated rings. The van der Waals surface area contributed by atoms with Crippen LogP contribution in [-0.4, -0.2) is 26.9 Å². The van der Waals surface area contributed by atoms with Crippen molar-refractivity contribution in [3.63, 3.8) is 0 Å². The Labute approximate surface area is 106 Å². The number of thiocarbonyl (C=S) groups is 1. The van der Waals surface area contributed by atoms with Crippen LogP contribution >= 0.6 is 36.6 Å². The fourth-order valence-corrected chi connectivity index (χ4v) is 3.60. The molecule has 15 heavy (non-hydrogen) atoms. The molecule has 2 rings (SSSR count). The summed E-state index contributed by atoms with van der Waals surface area (Å²) in [5, 5.41) is 0.470. The summed E-state index contributed by atoms with van der Waals surface area (Å²) in [6, 6.07) is 10.5. The summed E-state index contributed by atoms with van der Waals surface area (Å²) in [6.45, 7) is 1.03. The second kappa shape index (κ2) is 5.23. The van der Waals surface area contributed by atoms with Gasteiger partial charge < -0.3 is 4.90 Å².